The second kappa shape index (κ2) is 31.7. The van der Waals surface area contributed by atoms with Gasteiger partial charge in [0.2, 0.25) is 0 Å². The highest BCUT2D eigenvalue weighted by Crippen LogP contribution is 2.34. The zero-order chi connectivity index (χ0) is 56.6. The van der Waals surface area contributed by atoms with Crippen LogP contribution in [0.2, 0.25) is 0 Å². The number of benzene rings is 9. The van der Waals surface area contributed by atoms with Gasteiger partial charge in [0, 0.05) is 0 Å². The van der Waals surface area contributed by atoms with E-state index < -0.39 is 0 Å². The molecule has 0 bridgehead atoms. The molecule has 422 valence electrons. The molecule has 2 atom stereocenters. The second-order valence-corrected chi connectivity index (χ2v) is 23.0. The second-order valence-electron chi connectivity index (χ2n) is 23.0. The van der Waals surface area contributed by atoms with Crippen LogP contribution in [0.15, 0.2) is 218 Å². The van der Waals surface area contributed by atoms with Crippen LogP contribution in [0.4, 0.5) is 0 Å². The fraction of sp³-hybridized carbons (Fsp3) is 0.325. The molecule has 0 saturated carbocycles. The van der Waals surface area contributed by atoms with Crippen LogP contribution < -0.4 is 9.47 Å². The Kier molecular flexibility index (Phi) is 22.9. The molecule has 2 heteroatoms. The predicted molar refractivity (Wildman–Crippen MR) is 354 cm³/mol. The minimum Gasteiger partial charge on any atom is -0.490 e. The summed E-state index contributed by atoms with van der Waals surface area (Å²) in [7, 11) is 0. The Balaban J connectivity index is 0.742. The summed E-state index contributed by atoms with van der Waals surface area (Å²) in [5.41, 5.74) is 19.4. The van der Waals surface area contributed by atoms with Crippen molar-refractivity contribution in [2.75, 3.05) is 0 Å². The van der Waals surface area contributed by atoms with Crippen LogP contribution in [0.3, 0.4) is 0 Å². The average molecular weight is 1080 g/mol. The van der Waals surface area contributed by atoms with Gasteiger partial charge in [0.15, 0.2) is 0 Å². The number of ether oxygens (including phenoxy) is 2. The summed E-state index contributed by atoms with van der Waals surface area (Å²) in [6, 6.07) is 80.2. The van der Waals surface area contributed by atoms with Gasteiger partial charge in [-0.2, -0.15) is 0 Å². The molecule has 9 aromatic carbocycles. The van der Waals surface area contributed by atoms with Crippen LogP contribution in [-0.2, 0) is 0 Å². The van der Waals surface area contributed by atoms with E-state index in [0.717, 1.165) is 37.2 Å². The molecular weight excluding hydrogens is 993 g/mol. The van der Waals surface area contributed by atoms with Crippen molar-refractivity contribution in [3.8, 4) is 101 Å². The van der Waals surface area contributed by atoms with Gasteiger partial charge in [-0.3, -0.25) is 0 Å². The van der Waals surface area contributed by atoms with Gasteiger partial charge < -0.3 is 9.47 Å². The maximum atomic E-state index is 6.57. The molecule has 0 aliphatic heterocycles. The quantitative estimate of drug-likeness (QED) is 0.0391. The Bertz CT molecular complexity index is 2980. The van der Waals surface area contributed by atoms with Crippen LogP contribution in [0, 0.1) is 0 Å². The lowest BCUT2D eigenvalue weighted by Gasteiger charge is -2.19. The minimum atomic E-state index is 0.310. The van der Waals surface area contributed by atoms with Gasteiger partial charge in [0.05, 0.1) is 12.2 Å². The third kappa shape index (κ3) is 17.3. The van der Waals surface area contributed by atoms with Crippen LogP contribution in [-0.4, -0.2) is 12.2 Å². The maximum absolute atomic E-state index is 6.57. The van der Waals surface area contributed by atoms with E-state index in [1.54, 1.807) is 0 Å². The first-order valence-electron chi connectivity index (χ1n) is 31.7. The molecule has 2 nitrogen and oxygen atoms in total. The lowest BCUT2D eigenvalue weighted by molar-refractivity contribution is 0.172. The number of unbranched alkanes of at least 4 members (excludes halogenated alkanes) is 12. The van der Waals surface area contributed by atoms with Gasteiger partial charge in [-0.1, -0.05) is 299 Å². The summed E-state index contributed by atoms with van der Waals surface area (Å²) in [6.45, 7) is 9.12. The van der Waals surface area contributed by atoms with Crippen LogP contribution in [0.5, 0.6) is 11.5 Å². The minimum absolute atomic E-state index is 0.310. The molecule has 0 heterocycles. The van der Waals surface area contributed by atoms with Gasteiger partial charge in [-0.15, -0.1) is 0 Å². The van der Waals surface area contributed by atoms with E-state index in [1.807, 2.05) is 0 Å². The highest BCUT2D eigenvalue weighted by Gasteiger charge is 2.14. The molecule has 0 radical (unpaired) electrons. The fourth-order valence-electron chi connectivity index (χ4n) is 11.5. The van der Waals surface area contributed by atoms with Crippen molar-refractivity contribution in [3.05, 3.63) is 218 Å². The molecule has 0 aliphatic rings. The normalized spacial score (nSPS) is 12.0. The Morgan fingerprint density at radius 3 is 0.488 bits per heavy atom. The Labute approximate surface area is 494 Å². The predicted octanol–water partition coefficient (Wildman–Crippen LogP) is 24.4. The smallest absolute Gasteiger partial charge is 0.119 e. The molecule has 0 saturated heterocycles. The van der Waals surface area contributed by atoms with E-state index in [0.29, 0.717) is 12.2 Å². The van der Waals surface area contributed by atoms with Crippen molar-refractivity contribution < 1.29 is 9.47 Å². The van der Waals surface area contributed by atoms with E-state index in [-0.39, 0.29) is 0 Å². The number of hydrogen-bond donors (Lipinski definition) is 0. The zero-order valence-electron chi connectivity index (χ0n) is 49.9. The standard InChI is InChI=1S/C80H90O2/c1-5-9-13-15-19-23-77(21-17-11-7-3)81-79-57-53-75(54-58-79)73-49-45-71(46-50-73)69-41-37-67(38-42-69)65-33-29-63(30-34-65)61-25-27-62(28-26-61)64-31-35-66(36-32-64)68-39-43-70(44-40-68)72-47-51-74(52-48-72)76-55-59-80(60-56-76)82-78(22-18-12-8-4)24-20-16-14-10-6-2/h25-60,77-78H,5-24H2,1-4H3. The van der Waals surface area contributed by atoms with Crippen LogP contribution in [0.1, 0.15) is 156 Å². The largest absolute Gasteiger partial charge is 0.490 e. The van der Waals surface area contributed by atoms with Gasteiger partial charge >= 0.3 is 0 Å². The first-order chi connectivity index (χ1) is 40.5. The van der Waals surface area contributed by atoms with E-state index >= 15 is 0 Å². The number of rotatable bonds is 32. The summed E-state index contributed by atoms with van der Waals surface area (Å²) in [5.74, 6) is 1.98. The molecule has 0 fully saturated rings. The van der Waals surface area contributed by atoms with Crippen molar-refractivity contribution in [1.82, 2.24) is 0 Å². The van der Waals surface area contributed by atoms with Crippen LogP contribution in [0.25, 0.3) is 89.0 Å². The number of hydrogen-bond acceptors (Lipinski definition) is 2. The average Bonchev–Trinajstić information content (AvgIpc) is 3.64. The van der Waals surface area contributed by atoms with E-state index in [4.69, 9.17) is 9.47 Å². The molecule has 0 aliphatic carbocycles. The van der Waals surface area contributed by atoms with Crippen molar-refractivity contribution >= 4 is 0 Å². The van der Waals surface area contributed by atoms with Gasteiger partial charge in [0.25, 0.3) is 0 Å². The molecule has 0 N–H and O–H groups in total. The molecule has 0 aromatic heterocycles. The molecule has 0 spiro atoms. The monoisotopic (exact) mass is 1080 g/mol. The molecular formula is C80H90O2. The van der Waals surface area contributed by atoms with Gasteiger partial charge in [0.1, 0.15) is 11.5 Å². The van der Waals surface area contributed by atoms with Crippen molar-refractivity contribution in [3.63, 3.8) is 0 Å². The topological polar surface area (TPSA) is 18.5 Å². The van der Waals surface area contributed by atoms with Crippen molar-refractivity contribution in [2.24, 2.45) is 0 Å². The van der Waals surface area contributed by atoms with Crippen molar-refractivity contribution in [1.29, 1.82) is 0 Å². The molecule has 9 aromatic rings. The molecule has 0 amide bonds. The maximum Gasteiger partial charge on any atom is 0.119 e. The Morgan fingerprint density at radius 1 is 0.183 bits per heavy atom. The molecule has 2 unspecified atom stereocenters. The first-order valence-corrected chi connectivity index (χ1v) is 31.7. The van der Waals surface area contributed by atoms with Gasteiger partial charge in [-0.25, -0.2) is 0 Å². The van der Waals surface area contributed by atoms with Gasteiger partial charge in [-0.05, 0) is 165 Å². The Morgan fingerprint density at radius 2 is 0.317 bits per heavy atom. The van der Waals surface area contributed by atoms with E-state index in [2.05, 4.69) is 246 Å². The van der Waals surface area contributed by atoms with E-state index in [1.165, 1.54) is 192 Å². The summed E-state index contributed by atoms with van der Waals surface area (Å²) < 4.78 is 13.1. The summed E-state index contributed by atoms with van der Waals surface area (Å²) in [5, 5.41) is 0. The van der Waals surface area contributed by atoms with Crippen molar-refractivity contribution in [2.45, 2.75) is 168 Å². The molecule has 9 rings (SSSR count). The first kappa shape index (κ1) is 59.2. The Hall–Kier alpha value is -7.42. The third-order valence-corrected chi connectivity index (χ3v) is 16.7. The fourth-order valence-corrected chi connectivity index (χ4v) is 11.5. The molecule has 82 heavy (non-hydrogen) atoms. The SMILES string of the molecule is CCCCCCCC(CCCCC)Oc1ccc(-c2ccc(-c3ccc(-c4ccc(-c5ccc(-c6ccc(-c7ccc(-c8ccc(-c9ccc(OC(CCCCC)CCCCCCC)cc9)cc8)cc7)cc6)cc5)cc4)cc3)cc2)cc1. The highest BCUT2D eigenvalue weighted by atomic mass is 16.5. The third-order valence-electron chi connectivity index (χ3n) is 16.7. The summed E-state index contributed by atoms with van der Waals surface area (Å²) in [6.07, 6.45) is 25.8. The van der Waals surface area contributed by atoms with Crippen LogP contribution >= 0.6 is 0 Å². The zero-order valence-corrected chi connectivity index (χ0v) is 49.9. The summed E-state index contributed by atoms with van der Waals surface area (Å²) in [4.78, 5) is 0. The lowest BCUT2D eigenvalue weighted by Crippen LogP contribution is -2.16. The highest BCUT2D eigenvalue weighted by molar-refractivity contribution is 5.78. The lowest BCUT2D eigenvalue weighted by atomic mass is 9.95. The summed E-state index contributed by atoms with van der Waals surface area (Å²) >= 11 is 0. The van der Waals surface area contributed by atoms with E-state index in [9.17, 15) is 0 Å².